The minimum absolute atomic E-state index is 0.645. The molecular weight excluding hydrogens is 318 g/mol. The zero-order valence-electron chi connectivity index (χ0n) is 13.6. The van der Waals surface area contributed by atoms with Crippen LogP contribution in [-0.4, -0.2) is 34.5 Å². The van der Waals surface area contributed by atoms with E-state index >= 15 is 0 Å². The number of H-pyrrole nitrogens is 1. The van der Waals surface area contributed by atoms with Crippen LogP contribution in [0.15, 0.2) is 41.5 Å². The van der Waals surface area contributed by atoms with E-state index in [4.69, 9.17) is 4.42 Å². The summed E-state index contributed by atoms with van der Waals surface area (Å²) in [6.07, 6.45) is 4.73. The first-order valence-corrected chi connectivity index (χ1v) is 7.77. The van der Waals surface area contributed by atoms with Crippen molar-refractivity contribution in [3.8, 4) is 22.9 Å². The summed E-state index contributed by atoms with van der Waals surface area (Å²) >= 11 is 0. The van der Waals surface area contributed by atoms with E-state index in [1.165, 1.54) is 6.39 Å². The number of aryl methyl sites for hydroxylation is 2. The number of benzene rings is 1. The predicted octanol–water partition coefficient (Wildman–Crippen LogP) is 2.94. The zero-order valence-corrected chi connectivity index (χ0v) is 13.6. The lowest BCUT2D eigenvalue weighted by Gasteiger charge is -1.97. The summed E-state index contributed by atoms with van der Waals surface area (Å²) in [4.78, 5) is 20.9. The van der Waals surface area contributed by atoms with Crippen molar-refractivity contribution in [1.29, 1.82) is 0 Å². The summed E-state index contributed by atoms with van der Waals surface area (Å²) in [7, 11) is 0. The third kappa shape index (κ3) is 2.11. The van der Waals surface area contributed by atoms with E-state index < -0.39 is 0 Å². The zero-order chi connectivity index (χ0) is 17.0. The lowest BCUT2D eigenvalue weighted by molar-refractivity contribution is 0.558. The Morgan fingerprint density at radius 3 is 2.84 bits per heavy atom. The van der Waals surface area contributed by atoms with Gasteiger partial charge in [-0.25, -0.2) is 19.5 Å². The number of hydrogen-bond donors (Lipinski definition) is 1. The van der Waals surface area contributed by atoms with E-state index in [0.29, 0.717) is 17.3 Å². The summed E-state index contributed by atoms with van der Waals surface area (Å²) in [5, 5.41) is 4.61. The molecule has 0 radical (unpaired) electrons. The Morgan fingerprint density at radius 1 is 1.12 bits per heavy atom. The van der Waals surface area contributed by atoms with Crippen LogP contribution in [0.5, 0.6) is 0 Å². The maximum atomic E-state index is 5.01. The third-order valence-corrected chi connectivity index (χ3v) is 4.13. The van der Waals surface area contributed by atoms with Crippen LogP contribution in [0.3, 0.4) is 0 Å². The van der Waals surface area contributed by atoms with Crippen LogP contribution in [0.25, 0.3) is 39.6 Å². The fraction of sp³-hybridized carbons (Fsp3) is 0.118. The normalized spacial score (nSPS) is 11.6. The van der Waals surface area contributed by atoms with Crippen LogP contribution in [0.1, 0.15) is 11.4 Å². The van der Waals surface area contributed by atoms with Gasteiger partial charge in [0.1, 0.15) is 12.0 Å². The molecule has 0 atom stereocenters. The van der Waals surface area contributed by atoms with Crippen molar-refractivity contribution in [2.45, 2.75) is 13.8 Å². The maximum Gasteiger partial charge on any atom is 0.182 e. The van der Waals surface area contributed by atoms with Crippen molar-refractivity contribution in [3.05, 3.63) is 48.4 Å². The van der Waals surface area contributed by atoms with Crippen molar-refractivity contribution in [3.63, 3.8) is 0 Å². The molecule has 8 nitrogen and oxygen atoms in total. The Kier molecular flexibility index (Phi) is 2.75. The molecule has 0 saturated carbocycles. The molecule has 1 aromatic carbocycles. The van der Waals surface area contributed by atoms with Gasteiger partial charge in [0.2, 0.25) is 0 Å². The van der Waals surface area contributed by atoms with E-state index in [1.807, 2.05) is 36.6 Å². The van der Waals surface area contributed by atoms with Crippen LogP contribution in [0.2, 0.25) is 0 Å². The summed E-state index contributed by atoms with van der Waals surface area (Å²) in [5.41, 5.74) is 5.85. The molecular formula is C17H13N7O. The molecule has 25 heavy (non-hydrogen) atoms. The van der Waals surface area contributed by atoms with Crippen LogP contribution in [-0.2, 0) is 0 Å². The first-order valence-electron chi connectivity index (χ1n) is 7.77. The highest BCUT2D eigenvalue weighted by Crippen LogP contribution is 2.24. The summed E-state index contributed by atoms with van der Waals surface area (Å²) in [5.74, 6) is 1.31. The highest BCUT2D eigenvalue weighted by Gasteiger charge is 2.13. The molecule has 8 heteroatoms. The molecule has 0 bridgehead atoms. The van der Waals surface area contributed by atoms with Crippen LogP contribution in [0.4, 0.5) is 0 Å². The number of rotatable bonds is 2. The molecule has 0 amide bonds. The quantitative estimate of drug-likeness (QED) is 0.534. The van der Waals surface area contributed by atoms with Crippen LogP contribution >= 0.6 is 0 Å². The summed E-state index contributed by atoms with van der Waals surface area (Å²) in [6.45, 7) is 3.88. The molecule has 5 aromatic rings. The number of aromatic amines is 1. The standard InChI is InChI=1S/C17H13N7O/c1-9-6-18-10(2)17-22-15(23-24(9)17)11-3-4-12-13(5-11)21-16(20-12)14-7-25-8-19-14/h3-8H,1-2H3,(H,20,21). The van der Waals surface area contributed by atoms with Gasteiger partial charge < -0.3 is 9.40 Å². The van der Waals surface area contributed by atoms with E-state index in [9.17, 15) is 0 Å². The first kappa shape index (κ1) is 13.8. The second-order valence-corrected chi connectivity index (χ2v) is 5.85. The van der Waals surface area contributed by atoms with Crippen molar-refractivity contribution in [2.75, 3.05) is 0 Å². The smallest absolute Gasteiger partial charge is 0.182 e. The van der Waals surface area contributed by atoms with Crippen molar-refractivity contribution < 1.29 is 4.42 Å². The molecule has 0 unspecified atom stereocenters. The predicted molar refractivity (Wildman–Crippen MR) is 90.8 cm³/mol. The van der Waals surface area contributed by atoms with E-state index in [1.54, 1.807) is 12.5 Å². The number of nitrogens with one attached hydrogen (secondary N) is 1. The van der Waals surface area contributed by atoms with E-state index in [-0.39, 0.29) is 0 Å². The Balaban J connectivity index is 1.66. The van der Waals surface area contributed by atoms with Gasteiger partial charge in [0, 0.05) is 11.8 Å². The molecule has 4 heterocycles. The molecule has 0 aliphatic carbocycles. The second-order valence-electron chi connectivity index (χ2n) is 5.85. The SMILES string of the molecule is Cc1ncc(C)n2nc(-c3ccc4[nH]c(-c5cocn5)nc4c3)nc12. The number of oxazole rings is 1. The molecule has 0 aliphatic rings. The lowest BCUT2D eigenvalue weighted by atomic mass is 10.2. The largest absolute Gasteiger partial charge is 0.451 e. The van der Waals surface area contributed by atoms with Crippen molar-refractivity contribution in [1.82, 2.24) is 34.5 Å². The average molecular weight is 331 g/mol. The van der Waals surface area contributed by atoms with Gasteiger partial charge in [0.15, 0.2) is 23.7 Å². The van der Waals surface area contributed by atoms with Gasteiger partial charge in [-0.2, -0.15) is 0 Å². The average Bonchev–Trinajstić information content (AvgIpc) is 3.36. The van der Waals surface area contributed by atoms with Gasteiger partial charge in [-0.15, -0.1) is 5.10 Å². The summed E-state index contributed by atoms with van der Waals surface area (Å²) < 4.78 is 6.83. The third-order valence-electron chi connectivity index (χ3n) is 4.13. The van der Waals surface area contributed by atoms with Gasteiger partial charge in [-0.1, -0.05) is 0 Å². The number of fused-ring (bicyclic) bond motifs is 2. The first-order chi connectivity index (χ1) is 12.2. The number of aromatic nitrogens is 7. The van der Waals surface area contributed by atoms with Crippen molar-refractivity contribution >= 4 is 16.7 Å². The molecule has 0 spiro atoms. The Hall–Kier alpha value is -3.55. The molecule has 4 aromatic heterocycles. The molecule has 1 N–H and O–H groups in total. The van der Waals surface area contributed by atoms with Gasteiger partial charge >= 0.3 is 0 Å². The monoisotopic (exact) mass is 331 g/mol. The summed E-state index contributed by atoms with van der Waals surface area (Å²) in [6, 6.07) is 5.90. The van der Waals surface area contributed by atoms with Gasteiger partial charge in [-0.3, -0.25) is 4.98 Å². The number of nitrogens with zero attached hydrogens (tertiary/aromatic N) is 6. The number of imidazole rings is 1. The minimum Gasteiger partial charge on any atom is -0.451 e. The fourth-order valence-electron chi connectivity index (χ4n) is 2.81. The van der Waals surface area contributed by atoms with Crippen molar-refractivity contribution in [2.24, 2.45) is 0 Å². The molecule has 0 fully saturated rings. The molecule has 0 saturated heterocycles. The second kappa shape index (κ2) is 4.97. The maximum absolute atomic E-state index is 5.01. The number of hydrogen-bond acceptors (Lipinski definition) is 6. The Labute approximate surface area is 141 Å². The van der Waals surface area contributed by atoms with Crippen LogP contribution in [0, 0.1) is 13.8 Å². The van der Waals surface area contributed by atoms with Gasteiger partial charge in [0.25, 0.3) is 0 Å². The molecule has 5 rings (SSSR count). The van der Waals surface area contributed by atoms with E-state index in [2.05, 4.69) is 30.0 Å². The van der Waals surface area contributed by atoms with Crippen LogP contribution < -0.4 is 0 Å². The van der Waals surface area contributed by atoms with Gasteiger partial charge in [-0.05, 0) is 32.0 Å². The molecule has 0 aliphatic heterocycles. The Bertz CT molecular complexity index is 1180. The highest BCUT2D eigenvalue weighted by atomic mass is 16.3. The van der Waals surface area contributed by atoms with Gasteiger partial charge in [0.05, 0.1) is 22.4 Å². The highest BCUT2D eigenvalue weighted by molar-refractivity contribution is 5.83. The Morgan fingerprint density at radius 2 is 2.04 bits per heavy atom. The molecule has 122 valence electrons. The minimum atomic E-state index is 0.645. The topological polar surface area (TPSA) is 97.8 Å². The lowest BCUT2D eigenvalue weighted by Crippen LogP contribution is -1.97. The van der Waals surface area contributed by atoms with E-state index in [0.717, 1.165) is 33.6 Å². The fourth-order valence-corrected chi connectivity index (χ4v) is 2.81.